The van der Waals surface area contributed by atoms with Crippen molar-refractivity contribution in [2.45, 2.75) is 45.0 Å². The van der Waals surface area contributed by atoms with E-state index in [1.807, 2.05) is 0 Å². The zero-order valence-electron chi connectivity index (χ0n) is 12.2. The normalized spacial score (nSPS) is 11.5. The number of likely N-dealkylation sites (N-methyl/N-ethyl adjacent to an activating group) is 1. The molecule has 0 saturated heterocycles. The van der Waals surface area contributed by atoms with E-state index in [4.69, 9.17) is 30.5 Å². The highest BCUT2D eigenvalue weighted by Gasteiger charge is 2.08. The van der Waals surface area contributed by atoms with Gasteiger partial charge >= 0.3 is 13.3 Å². The van der Waals surface area contributed by atoms with Gasteiger partial charge in [0.25, 0.3) is 0 Å². The van der Waals surface area contributed by atoms with E-state index in [-0.39, 0.29) is 18.8 Å². The van der Waals surface area contributed by atoms with E-state index in [1.54, 1.807) is 0 Å². The average molecular weight is 290 g/mol. The van der Waals surface area contributed by atoms with Crippen LogP contribution in [-0.4, -0.2) is 65.6 Å². The Balaban J connectivity index is 0. The third-order valence-electron chi connectivity index (χ3n) is 2.97. The number of unbranched alkanes of at least 4 members (excludes halogenated alkanes) is 1. The smallest absolute Gasteiger partial charge is 0.427 e. The van der Waals surface area contributed by atoms with Crippen LogP contribution in [0.25, 0.3) is 0 Å². The van der Waals surface area contributed by atoms with Crippen LogP contribution in [0.2, 0.25) is 6.32 Å². The summed E-state index contributed by atoms with van der Waals surface area (Å²) in [4.78, 5) is 18.4. The lowest BCUT2D eigenvalue weighted by Gasteiger charge is -2.21. The summed E-state index contributed by atoms with van der Waals surface area (Å²) in [5.74, 6) is 0. The molecule has 0 rings (SSSR count). The number of carbonyl (C=O) groups excluding carboxylic acids is 2. The Hall–Kier alpha value is -0.755. The topological polar surface area (TPSA) is 124 Å². The van der Waals surface area contributed by atoms with Gasteiger partial charge in [-0.1, -0.05) is 19.8 Å². The molecule has 0 aliphatic rings. The molecule has 0 aromatic rings. The maximum atomic E-state index is 8.84. The molecule has 0 aliphatic heterocycles. The van der Waals surface area contributed by atoms with Crippen LogP contribution < -0.4 is 5.73 Å². The molecule has 20 heavy (non-hydrogen) atoms. The van der Waals surface area contributed by atoms with Crippen LogP contribution in [-0.2, 0) is 9.59 Å². The molecule has 0 aromatic carbocycles. The van der Waals surface area contributed by atoms with Crippen LogP contribution in [0.4, 0.5) is 0 Å². The third kappa shape index (κ3) is 17.2. The number of nitrogens with two attached hydrogens (primary N) is 1. The molecule has 5 N–H and O–H groups in total. The highest BCUT2D eigenvalue weighted by molar-refractivity contribution is 6.40. The molecule has 0 unspecified atom stereocenters. The first-order chi connectivity index (χ1) is 9.51. The predicted octanol–water partition coefficient (Wildman–Crippen LogP) is -0.922. The van der Waals surface area contributed by atoms with Gasteiger partial charge in [0.1, 0.15) is 0 Å². The Morgan fingerprint density at radius 3 is 2.25 bits per heavy atom. The van der Waals surface area contributed by atoms with Crippen molar-refractivity contribution in [3.63, 3.8) is 0 Å². The number of rotatable bonds is 11. The fourth-order valence-electron chi connectivity index (χ4n) is 1.80. The van der Waals surface area contributed by atoms with Gasteiger partial charge in [0.15, 0.2) is 0 Å². The lowest BCUT2D eigenvalue weighted by molar-refractivity contribution is -0.191. The molecule has 0 aliphatic carbocycles. The van der Waals surface area contributed by atoms with Crippen LogP contribution in [0, 0.1) is 0 Å². The van der Waals surface area contributed by atoms with Gasteiger partial charge in [0, 0.05) is 12.6 Å². The van der Waals surface area contributed by atoms with Gasteiger partial charge in [-0.2, -0.15) is 9.59 Å². The first-order valence-electron chi connectivity index (χ1n) is 6.95. The average Bonchev–Trinajstić information content (AvgIpc) is 2.40. The lowest BCUT2D eigenvalue weighted by Crippen LogP contribution is -2.32. The molecule has 0 fully saturated rings. The number of nitrogens with zero attached hydrogens (tertiary/aromatic N) is 1. The number of hydrogen-bond donors (Lipinski definition) is 4. The van der Waals surface area contributed by atoms with Crippen LogP contribution in [0.3, 0.4) is 0 Å². The van der Waals surface area contributed by atoms with Crippen LogP contribution >= 0.6 is 0 Å². The highest BCUT2D eigenvalue weighted by atomic mass is 16.4. The van der Waals surface area contributed by atoms with Gasteiger partial charge in [-0.15, -0.1) is 0 Å². The minimum absolute atomic E-state index is 0.165. The summed E-state index contributed by atoms with van der Waals surface area (Å²) < 4.78 is 0. The van der Waals surface area contributed by atoms with E-state index in [1.165, 1.54) is 0 Å². The van der Waals surface area contributed by atoms with Gasteiger partial charge < -0.3 is 25.8 Å². The molecule has 0 saturated carbocycles. The van der Waals surface area contributed by atoms with Gasteiger partial charge in [-0.25, -0.2) is 0 Å². The standard InChI is InChI=1S/C11H27BN2O3.CO2/c1-2-14(9-10-15)8-6-11(13)5-3-4-7-12(16)17;2-1-3/h11,15-17H,2-10,13H2,1H3;/t11-;/m1./s1. The van der Waals surface area contributed by atoms with Crippen molar-refractivity contribution in [1.82, 2.24) is 4.90 Å². The van der Waals surface area contributed by atoms with Gasteiger partial charge in [0.2, 0.25) is 0 Å². The maximum absolute atomic E-state index is 8.84. The zero-order chi connectivity index (χ0) is 15.8. The van der Waals surface area contributed by atoms with Crippen molar-refractivity contribution in [3.8, 4) is 0 Å². The van der Waals surface area contributed by atoms with Crippen molar-refractivity contribution < 1.29 is 24.7 Å². The Morgan fingerprint density at radius 2 is 1.80 bits per heavy atom. The molecule has 0 radical (unpaired) electrons. The minimum atomic E-state index is -1.19. The van der Waals surface area contributed by atoms with Crippen molar-refractivity contribution in [3.05, 3.63) is 0 Å². The summed E-state index contributed by atoms with van der Waals surface area (Å²) in [5.41, 5.74) is 5.98. The molecule has 8 heteroatoms. The SMILES string of the molecule is CCN(CCO)CC[C@H](N)CCCCB(O)O.O=C=O. The summed E-state index contributed by atoms with van der Waals surface area (Å²) in [6.07, 6.45) is 4.27. The lowest BCUT2D eigenvalue weighted by atomic mass is 9.83. The van der Waals surface area contributed by atoms with Gasteiger partial charge in [-0.3, -0.25) is 0 Å². The van der Waals surface area contributed by atoms with E-state index in [9.17, 15) is 0 Å². The van der Waals surface area contributed by atoms with E-state index in [2.05, 4.69) is 11.8 Å². The minimum Gasteiger partial charge on any atom is -0.427 e. The molecule has 0 heterocycles. The highest BCUT2D eigenvalue weighted by Crippen LogP contribution is 2.06. The van der Waals surface area contributed by atoms with Crippen LogP contribution in [0.5, 0.6) is 0 Å². The summed E-state index contributed by atoms with van der Waals surface area (Å²) in [7, 11) is -1.19. The first kappa shape index (κ1) is 21.5. The first-order valence-corrected chi connectivity index (χ1v) is 6.95. The Labute approximate surface area is 120 Å². The second-order valence-electron chi connectivity index (χ2n) is 4.56. The third-order valence-corrected chi connectivity index (χ3v) is 2.97. The Morgan fingerprint density at radius 1 is 1.20 bits per heavy atom. The van der Waals surface area contributed by atoms with E-state index < -0.39 is 7.12 Å². The molecule has 118 valence electrons. The number of aliphatic hydroxyl groups is 1. The van der Waals surface area contributed by atoms with E-state index >= 15 is 0 Å². The van der Waals surface area contributed by atoms with E-state index in [0.29, 0.717) is 12.9 Å². The molecule has 0 aromatic heterocycles. The largest absolute Gasteiger partial charge is 0.451 e. The second kappa shape index (κ2) is 16.3. The predicted molar refractivity (Wildman–Crippen MR) is 75.6 cm³/mol. The Kier molecular flexibility index (Phi) is 17.6. The second-order valence-corrected chi connectivity index (χ2v) is 4.56. The molecule has 7 nitrogen and oxygen atoms in total. The fourth-order valence-corrected chi connectivity index (χ4v) is 1.80. The van der Waals surface area contributed by atoms with Gasteiger partial charge in [0.05, 0.1) is 6.61 Å². The Bertz CT molecular complexity index is 238. The number of hydrogen-bond acceptors (Lipinski definition) is 7. The van der Waals surface area contributed by atoms with Crippen LogP contribution in [0.1, 0.15) is 32.6 Å². The summed E-state index contributed by atoms with van der Waals surface area (Å²) in [5, 5.41) is 26.2. The quantitative estimate of drug-likeness (QED) is 0.286. The molecule has 0 bridgehead atoms. The van der Waals surface area contributed by atoms with Crippen molar-refractivity contribution in [2.75, 3.05) is 26.2 Å². The summed E-state index contributed by atoms with van der Waals surface area (Å²) in [6.45, 7) is 4.83. The molecule has 0 amide bonds. The maximum Gasteiger partial charge on any atom is 0.451 e. The summed E-state index contributed by atoms with van der Waals surface area (Å²) in [6, 6.07) is 0.165. The monoisotopic (exact) mass is 290 g/mol. The van der Waals surface area contributed by atoms with Crippen molar-refractivity contribution in [1.29, 1.82) is 0 Å². The van der Waals surface area contributed by atoms with E-state index in [0.717, 1.165) is 38.8 Å². The molecule has 1 atom stereocenters. The molecular weight excluding hydrogens is 263 g/mol. The zero-order valence-corrected chi connectivity index (χ0v) is 12.2. The fraction of sp³-hybridized carbons (Fsp3) is 0.917. The molecule has 0 spiro atoms. The van der Waals surface area contributed by atoms with Crippen LogP contribution in [0.15, 0.2) is 0 Å². The molecular formula is C12H27BN2O5. The van der Waals surface area contributed by atoms with Crippen molar-refractivity contribution >= 4 is 13.3 Å². The van der Waals surface area contributed by atoms with Crippen molar-refractivity contribution in [2.24, 2.45) is 5.73 Å². The summed E-state index contributed by atoms with van der Waals surface area (Å²) >= 11 is 0. The number of aliphatic hydroxyl groups excluding tert-OH is 1. The van der Waals surface area contributed by atoms with Gasteiger partial charge in [-0.05, 0) is 32.3 Å².